The van der Waals surface area contributed by atoms with E-state index in [0.717, 1.165) is 24.2 Å². The molecule has 0 aliphatic carbocycles. The predicted octanol–water partition coefficient (Wildman–Crippen LogP) is 1.66. The number of hydrogen-bond donors (Lipinski definition) is 2. The fourth-order valence-corrected chi connectivity index (χ4v) is 3.30. The van der Waals surface area contributed by atoms with Crippen LogP contribution >= 0.6 is 0 Å². The second-order valence-corrected chi connectivity index (χ2v) is 6.64. The molecule has 9 nitrogen and oxygen atoms in total. The zero-order valence-electron chi connectivity index (χ0n) is 14.7. The number of nitrogens with one attached hydrogen (secondary N) is 2. The van der Waals surface area contributed by atoms with E-state index in [4.69, 9.17) is 9.26 Å². The monoisotopic (exact) mass is 368 g/mol. The van der Waals surface area contributed by atoms with Gasteiger partial charge in [0.25, 0.3) is 0 Å². The van der Waals surface area contributed by atoms with E-state index in [9.17, 15) is 4.79 Å². The summed E-state index contributed by atoms with van der Waals surface area (Å²) in [6.07, 6.45) is 3.87. The zero-order valence-corrected chi connectivity index (χ0v) is 14.7. The number of aromatic nitrogens is 5. The number of amides is 1. The second-order valence-electron chi connectivity index (χ2n) is 6.64. The number of anilines is 1. The molecule has 0 saturated carbocycles. The van der Waals surface area contributed by atoms with Crippen molar-refractivity contribution in [3.8, 4) is 0 Å². The first-order chi connectivity index (χ1) is 13.2. The lowest BCUT2D eigenvalue weighted by atomic mass is 9.76. The van der Waals surface area contributed by atoms with Crippen LogP contribution in [0.4, 0.5) is 5.69 Å². The second kappa shape index (κ2) is 7.67. The van der Waals surface area contributed by atoms with Crippen molar-refractivity contribution in [1.82, 2.24) is 25.6 Å². The molecule has 4 rings (SSSR count). The minimum absolute atomic E-state index is 0.0505. The van der Waals surface area contributed by atoms with Gasteiger partial charge in [0.2, 0.25) is 11.8 Å². The predicted molar refractivity (Wildman–Crippen MR) is 94.9 cm³/mol. The number of aromatic amines is 1. The average Bonchev–Trinajstić information content (AvgIpc) is 3.35. The molecule has 140 valence electrons. The van der Waals surface area contributed by atoms with Gasteiger partial charge in [0, 0.05) is 25.3 Å². The fourth-order valence-electron chi connectivity index (χ4n) is 3.30. The van der Waals surface area contributed by atoms with Gasteiger partial charge in [-0.1, -0.05) is 23.4 Å². The van der Waals surface area contributed by atoms with Crippen LogP contribution in [0.3, 0.4) is 0 Å². The summed E-state index contributed by atoms with van der Waals surface area (Å²) in [6, 6.07) is 9.27. The summed E-state index contributed by atoms with van der Waals surface area (Å²) in [7, 11) is 0. The number of carbonyl (C=O) groups excluding carboxylic acids is 1. The number of nitrogens with zero attached hydrogens (tertiary/aromatic N) is 4. The molecule has 0 spiro atoms. The van der Waals surface area contributed by atoms with Crippen LogP contribution < -0.4 is 5.32 Å². The van der Waals surface area contributed by atoms with Gasteiger partial charge in [-0.05, 0) is 25.0 Å². The Morgan fingerprint density at radius 1 is 1.22 bits per heavy atom. The number of rotatable bonds is 6. The van der Waals surface area contributed by atoms with Crippen molar-refractivity contribution in [3.05, 3.63) is 53.9 Å². The zero-order chi connectivity index (χ0) is 18.5. The quantitative estimate of drug-likeness (QED) is 0.679. The standard InChI is InChI=1S/C18H20N6O3/c25-16(20-13-4-2-1-3-5-13)10-15-21-17(27-23-15)18(6-8-26-9-7-18)11-14-12-19-24-22-14/h1-5,12H,6-11H2,(H,20,25)(H,19,22,24). The first kappa shape index (κ1) is 17.3. The molecule has 1 fully saturated rings. The van der Waals surface area contributed by atoms with Gasteiger partial charge in [-0.3, -0.25) is 4.79 Å². The van der Waals surface area contributed by atoms with E-state index in [1.807, 2.05) is 30.3 Å². The number of hydrogen-bond acceptors (Lipinski definition) is 7. The highest BCUT2D eigenvalue weighted by Gasteiger charge is 2.40. The van der Waals surface area contributed by atoms with E-state index in [0.29, 0.717) is 31.3 Å². The minimum atomic E-state index is -0.351. The number of ether oxygens (including phenoxy) is 1. The van der Waals surface area contributed by atoms with Crippen molar-refractivity contribution in [2.45, 2.75) is 31.1 Å². The Morgan fingerprint density at radius 2 is 2.04 bits per heavy atom. The van der Waals surface area contributed by atoms with Gasteiger partial charge in [0.15, 0.2) is 5.82 Å². The number of para-hydroxylation sites is 1. The van der Waals surface area contributed by atoms with E-state index in [1.165, 1.54) is 0 Å². The van der Waals surface area contributed by atoms with Crippen LogP contribution in [0, 0.1) is 0 Å². The van der Waals surface area contributed by atoms with Crippen LogP contribution in [0.15, 0.2) is 41.1 Å². The smallest absolute Gasteiger partial charge is 0.233 e. The first-order valence-corrected chi connectivity index (χ1v) is 8.84. The van der Waals surface area contributed by atoms with E-state index in [1.54, 1.807) is 6.20 Å². The molecular weight excluding hydrogens is 348 g/mol. The number of carbonyl (C=O) groups is 1. The van der Waals surface area contributed by atoms with Gasteiger partial charge >= 0.3 is 0 Å². The molecule has 1 aliphatic rings. The lowest BCUT2D eigenvalue weighted by Gasteiger charge is -2.33. The van der Waals surface area contributed by atoms with Crippen molar-refractivity contribution in [2.24, 2.45) is 0 Å². The topological polar surface area (TPSA) is 119 Å². The van der Waals surface area contributed by atoms with Crippen molar-refractivity contribution >= 4 is 11.6 Å². The maximum absolute atomic E-state index is 12.2. The Labute approximate surface area is 155 Å². The maximum atomic E-state index is 12.2. The van der Waals surface area contributed by atoms with Gasteiger partial charge in [0.05, 0.1) is 23.7 Å². The molecule has 0 bridgehead atoms. The molecule has 0 atom stereocenters. The molecule has 3 aromatic rings. The third-order valence-corrected chi connectivity index (χ3v) is 4.73. The van der Waals surface area contributed by atoms with Crippen molar-refractivity contribution < 1.29 is 14.1 Å². The van der Waals surface area contributed by atoms with Gasteiger partial charge in [0.1, 0.15) is 0 Å². The summed E-state index contributed by atoms with van der Waals surface area (Å²) >= 11 is 0. The Hall–Kier alpha value is -3.07. The summed E-state index contributed by atoms with van der Waals surface area (Å²) in [4.78, 5) is 16.7. The lowest BCUT2D eigenvalue weighted by Crippen LogP contribution is -2.36. The van der Waals surface area contributed by atoms with Gasteiger partial charge in [-0.15, -0.1) is 0 Å². The molecule has 1 saturated heterocycles. The minimum Gasteiger partial charge on any atom is -0.381 e. The van der Waals surface area contributed by atoms with Crippen LogP contribution in [0.25, 0.3) is 0 Å². The van der Waals surface area contributed by atoms with Crippen LogP contribution in [0.5, 0.6) is 0 Å². The first-order valence-electron chi connectivity index (χ1n) is 8.84. The number of H-pyrrole nitrogens is 1. The number of benzene rings is 1. The van der Waals surface area contributed by atoms with E-state index in [-0.39, 0.29) is 17.7 Å². The van der Waals surface area contributed by atoms with Gasteiger partial charge < -0.3 is 14.6 Å². The summed E-state index contributed by atoms with van der Waals surface area (Å²) in [5, 5.41) is 17.5. The SMILES string of the molecule is O=C(Cc1noc(C2(Cc3cn[nH]n3)CCOCC2)n1)Nc1ccccc1. The maximum Gasteiger partial charge on any atom is 0.233 e. The summed E-state index contributed by atoms with van der Waals surface area (Å²) in [6.45, 7) is 1.23. The highest BCUT2D eigenvalue weighted by molar-refractivity contribution is 5.91. The molecule has 2 N–H and O–H groups in total. The summed E-state index contributed by atoms with van der Waals surface area (Å²) in [5.74, 6) is 0.701. The molecule has 3 heterocycles. The van der Waals surface area contributed by atoms with E-state index in [2.05, 4.69) is 30.9 Å². The highest BCUT2D eigenvalue weighted by atomic mass is 16.5. The van der Waals surface area contributed by atoms with Crippen molar-refractivity contribution in [1.29, 1.82) is 0 Å². The van der Waals surface area contributed by atoms with Crippen LogP contribution in [0.1, 0.15) is 30.3 Å². The van der Waals surface area contributed by atoms with E-state index >= 15 is 0 Å². The molecule has 1 aliphatic heterocycles. The summed E-state index contributed by atoms with van der Waals surface area (Å²) < 4.78 is 11.1. The van der Waals surface area contributed by atoms with Crippen LogP contribution in [-0.4, -0.2) is 44.7 Å². The molecule has 1 amide bonds. The normalized spacial score (nSPS) is 16.1. The largest absolute Gasteiger partial charge is 0.381 e. The Morgan fingerprint density at radius 3 is 2.78 bits per heavy atom. The molecule has 2 aromatic heterocycles. The summed E-state index contributed by atoms with van der Waals surface area (Å²) in [5.41, 5.74) is 1.22. The van der Waals surface area contributed by atoms with E-state index < -0.39 is 0 Å². The van der Waals surface area contributed by atoms with Crippen molar-refractivity contribution in [2.75, 3.05) is 18.5 Å². The molecule has 27 heavy (non-hydrogen) atoms. The molecule has 0 unspecified atom stereocenters. The molecule has 1 aromatic carbocycles. The fraction of sp³-hybridized carbons (Fsp3) is 0.389. The Kier molecular flexibility index (Phi) is 4.93. The average molecular weight is 368 g/mol. The van der Waals surface area contributed by atoms with Gasteiger partial charge in [-0.25, -0.2) is 0 Å². The third kappa shape index (κ3) is 4.03. The Balaban J connectivity index is 1.48. The van der Waals surface area contributed by atoms with Crippen molar-refractivity contribution in [3.63, 3.8) is 0 Å². The van der Waals surface area contributed by atoms with Crippen LogP contribution in [-0.2, 0) is 27.8 Å². The van der Waals surface area contributed by atoms with Gasteiger partial charge in [-0.2, -0.15) is 20.4 Å². The van der Waals surface area contributed by atoms with Crippen LogP contribution in [0.2, 0.25) is 0 Å². The molecular formula is C18H20N6O3. The molecule has 9 heteroatoms. The Bertz CT molecular complexity index is 872. The lowest BCUT2D eigenvalue weighted by molar-refractivity contribution is -0.115. The highest BCUT2D eigenvalue weighted by Crippen LogP contribution is 2.36. The third-order valence-electron chi connectivity index (χ3n) is 4.73. The molecule has 0 radical (unpaired) electrons.